The molecule has 0 fully saturated rings. The minimum atomic E-state index is -0.343. The number of halogens is 2. The second-order valence-electron chi connectivity index (χ2n) is 6.84. The highest BCUT2D eigenvalue weighted by molar-refractivity contribution is 6.34. The van der Waals surface area contributed by atoms with Gasteiger partial charge in [0.15, 0.2) is 6.61 Å². The summed E-state index contributed by atoms with van der Waals surface area (Å²) in [6.07, 6.45) is 0. The lowest BCUT2D eigenvalue weighted by Gasteiger charge is -2.19. The van der Waals surface area contributed by atoms with Crippen LogP contribution in [0.4, 0.5) is 0 Å². The van der Waals surface area contributed by atoms with Crippen LogP contribution in [0.15, 0.2) is 49.0 Å². The molecular weight excluding hydrogens is 371 g/mol. The topological polar surface area (TPSA) is 50.4 Å². The lowest BCUT2D eigenvalue weighted by Crippen LogP contribution is -2.39. The summed E-state index contributed by atoms with van der Waals surface area (Å²) in [6, 6.07) is 12.7. The molecule has 0 heterocycles. The molecule has 0 spiro atoms. The number of rotatable bonds is 6. The normalized spacial score (nSPS) is 11.0. The van der Waals surface area contributed by atoms with Gasteiger partial charge in [-0.05, 0) is 41.3 Å². The third-order valence-corrected chi connectivity index (χ3v) is 4.26. The van der Waals surface area contributed by atoms with Crippen molar-refractivity contribution >= 4 is 34.8 Å². The lowest BCUT2D eigenvalue weighted by atomic mass is 9.87. The maximum absolute atomic E-state index is 11.9. The molecule has 2 aromatic carbocycles. The molecule has 2 N–H and O–H groups in total. The molecule has 0 aliphatic rings. The molecule has 0 bridgehead atoms. The number of carbonyl (C=O) groups is 1. The van der Waals surface area contributed by atoms with Crippen LogP contribution in [0.5, 0.6) is 5.75 Å². The average Bonchev–Trinajstić information content (AvgIpc) is 2.59. The van der Waals surface area contributed by atoms with E-state index in [9.17, 15) is 4.79 Å². The van der Waals surface area contributed by atoms with Gasteiger partial charge >= 0.3 is 0 Å². The van der Waals surface area contributed by atoms with E-state index < -0.39 is 0 Å². The molecule has 138 valence electrons. The molecule has 0 saturated carbocycles. The molecule has 2 aromatic rings. The first-order valence-corrected chi connectivity index (χ1v) is 8.85. The van der Waals surface area contributed by atoms with Crippen molar-refractivity contribution in [3.05, 3.63) is 70.2 Å². The van der Waals surface area contributed by atoms with Gasteiger partial charge in [-0.25, -0.2) is 0 Å². The van der Waals surface area contributed by atoms with Crippen LogP contribution >= 0.6 is 23.2 Å². The molecule has 6 heteroatoms. The van der Waals surface area contributed by atoms with Crippen LogP contribution in [0, 0.1) is 0 Å². The van der Waals surface area contributed by atoms with E-state index >= 15 is 0 Å². The van der Waals surface area contributed by atoms with E-state index in [1.54, 1.807) is 18.2 Å². The van der Waals surface area contributed by atoms with Crippen molar-refractivity contribution in [2.24, 2.45) is 0 Å². The van der Waals surface area contributed by atoms with Crippen molar-refractivity contribution < 1.29 is 9.53 Å². The monoisotopic (exact) mass is 392 g/mol. The molecule has 0 aliphatic heterocycles. The molecule has 0 aromatic heterocycles. The number of ether oxygens (including phenoxy) is 1. The smallest absolute Gasteiger partial charge is 0.276 e. The van der Waals surface area contributed by atoms with Crippen molar-refractivity contribution in [3.63, 3.8) is 0 Å². The Morgan fingerprint density at radius 3 is 2.35 bits per heavy atom. The molecule has 0 aliphatic carbocycles. The highest BCUT2D eigenvalue weighted by Gasteiger charge is 2.13. The van der Waals surface area contributed by atoms with Gasteiger partial charge in [-0.15, -0.1) is 0 Å². The summed E-state index contributed by atoms with van der Waals surface area (Å²) < 4.78 is 5.49. The van der Waals surface area contributed by atoms with E-state index in [0.717, 1.165) is 0 Å². The molecule has 0 unspecified atom stereocenters. The van der Waals surface area contributed by atoms with Crippen molar-refractivity contribution in [1.29, 1.82) is 0 Å². The molecule has 0 saturated heterocycles. The largest absolute Gasteiger partial charge is 0.484 e. The van der Waals surface area contributed by atoms with Gasteiger partial charge in [0.2, 0.25) is 0 Å². The second-order valence-corrected chi connectivity index (χ2v) is 7.68. The van der Waals surface area contributed by atoms with Crippen molar-refractivity contribution in [2.75, 3.05) is 6.61 Å². The molecule has 0 radical (unpaired) electrons. The minimum absolute atomic E-state index is 0.0712. The van der Waals surface area contributed by atoms with Gasteiger partial charge in [0.05, 0.1) is 10.7 Å². The third kappa shape index (κ3) is 5.68. The zero-order valence-corrected chi connectivity index (χ0v) is 16.5. The first kappa shape index (κ1) is 20.1. The Hall–Kier alpha value is -2.17. The Balaban J connectivity index is 1.83. The molecule has 0 atom stereocenters. The number of nitrogens with one attached hydrogen (secondary N) is 2. The van der Waals surface area contributed by atoms with Crippen LogP contribution in [0.1, 0.15) is 31.9 Å². The van der Waals surface area contributed by atoms with Crippen molar-refractivity contribution in [2.45, 2.75) is 26.2 Å². The summed E-state index contributed by atoms with van der Waals surface area (Å²) in [6.45, 7) is 10.1. The third-order valence-electron chi connectivity index (χ3n) is 3.70. The van der Waals surface area contributed by atoms with Gasteiger partial charge in [-0.2, -0.15) is 0 Å². The van der Waals surface area contributed by atoms with Gasteiger partial charge in [0.1, 0.15) is 5.75 Å². The fourth-order valence-electron chi connectivity index (χ4n) is 2.18. The number of hydrogen-bond acceptors (Lipinski definition) is 3. The maximum Gasteiger partial charge on any atom is 0.276 e. The summed E-state index contributed by atoms with van der Waals surface area (Å²) in [5, 5.41) is 1.01. The molecular formula is C20H22Cl2N2O2. The molecule has 26 heavy (non-hydrogen) atoms. The van der Waals surface area contributed by atoms with Crippen LogP contribution in [-0.4, -0.2) is 12.5 Å². The Morgan fingerprint density at radius 2 is 1.73 bits per heavy atom. The van der Waals surface area contributed by atoms with Crippen molar-refractivity contribution in [1.82, 2.24) is 10.9 Å². The van der Waals surface area contributed by atoms with E-state index in [1.807, 2.05) is 24.3 Å². The van der Waals surface area contributed by atoms with Crippen molar-refractivity contribution in [3.8, 4) is 5.75 Å². The van der Waals surface area contributed by atoms with Crippen LogP contribution in [-0.2, 0) is 10.2 Å². The Labute approximate surface area is 164 Å². The first-order chi connectivity index (χ1) is 12.2. The zero-order valence-electron chi connectivity index (χ0n) is 15.0. The van der Waals surface area contributed by atoms with Gasteiger partial charge in [0.25, 0.3) is 5.91 Å². The number of hydrogen-bond donors (Lipinski definition) is 2. The van der Waals surface area contributed by atoms with Crippen LogP contribution in [0.2, 0.25) is 10.0 Å². The zero-order chi connectivity index (χ0) is 19.3. The fourth-order valence-corrected chi connectivity index (χ4v) is 2.58. The summed E-state index contributed by atoms with van der Waals surface area (Å²) in [7, 11) is 0. The van der Waals surface area contributed by atoms with Gasteiger partial charge < -0.3 is 4.74 Å². The van der Waals surface area contributed by atoms with E-state index in [-0.39, 0.29) is 17.9 Å². The Kier molecular flexibility index (Phi) is 6.57. The quantitative estimate of drug-likeness (QED) is 0.682. The maximum atomic E-state index is 11.9. The highest BCUT2D eigenvalue weighted by Crippen LogP contribution is 2.25. The van der Waals surface area contributed by atoms with Crippen LogP contribution < -0.4 is 15.6 Å². The van der Waals surface area contributed by atoms with E-state index in [1.165, 1.54) is 5.56 Å². The fraction of sp³-hybridized carbons (Fsp3) is 0.250. The number of benzene rings is 2. The van der Waals surface area contributed by atoms with E-state index in [0.29, 0.717) is 27.1 Å². The second kappa shape index (κ2) is 8.47. The van der Waals surface area contributed by atoms with Gasteiger partial charge in [0, 0.05) is 10.6 Å². The van der Waals surface area contributed by atoms with Crippen LogP contribution in [0.3, 0.4) is 0 Å². The summed E-state index contributed by atoms with van der Waals surface area (Å²) >= 11 is 12.0. The average molecular weight is 393 g/mol. The summed E-state index contributed by atoms with van der Waals surface area (Å²) in [5.74, 6) is 0.286. The Morgan fingerprint density at radius 1 is 1.08 bits per heavy atom. The standard InChI is InChI=1S/C20H22Cl2N2O2/c1-13(17-11-15(21)7-10-18(17)22)23-24-19(25)12-26-16-8-5-14(6-9-16)20(2,3)4/h5-11,23H,1,12H2,2-4H3,(H,24,25). The van der Waals surface area contributed by atoms with E-state index in [2.05, 4.69) is 38.2 Å². The number of carbonyl (C=O) groups excluding carboxylic acids is 1. The van der Waals surface area contributed by atoms with E-state index in [4.69, 9.17) is 27.9 Å². The number of hydrazine groups is 1. The SMILES string of the molecule is C=C(NNC(=O)COc1ccc(C(C)(C)C)cc1)c1cc(Cl)ccc1Cl. The molecule has 4 nitrogen and oxygen atoms in total. The molecule has 2 rings (SSSR count). The van der Waals surface area contributed by atoms with Crippen LogP contribution in [0.25, 0.3) is 5.70 Å². The number of amides is 1. The highest BCUT2D eigenvalue weighted by atomic mass is 35.5. The predicted molar refractivity (Wildman–Crippen MR) is 107 cm³/mol. The summed E-state index contributed by atoms with van der Waals surface area (Å²) in [4.78, 5) is 11.9. The van der Waals surface area contributed by atoms with Gasteiger partial charge in [-0.3, -0.25) is 15.6 Å². The lowest BCUT2D eigenvalue weighted by molar-refractivity contribution is -0.123. The predicted octanol–water partition coefficient (Wildman–Crippen LogP) is 4.96. The first-order valence-electron chi connectivity index (χ1n) is 8.09. The Bertz CT molecular complexity index is 796. The summed E-state index contributed by atoms with van der Waals surface area (Å²) in [5.41, 5.74) is 7.54. The molecule has 1 amide bonds. The minimum Gasteiger partial charge on any atom is -0.484 e. The van der Waals surface area contributed by atoms with Gasteiger partial charge in [-0.1, -0.05) is 62.7 Å².